The lowest BCUT2D eigenvalue weighted by molar-refractivity contribution is 0.00578. The molecule has 1 heterocycles. The summed E-state index contributed by atoms with van der Waals surface area (Å²) in [5.74, 6) is 0.601. The topological polar surface area (TPSA) is 18.5 Å². The Morgan fingerprint density at radius 1 is 0.722 bits per heavy atom. The zero-order valence-corrected chi connectivity index (χ0v) is 12.6. The fourth-order valence-corrected chi connectivity index (χ4v) is 3.02. The Bertz CT molecular complexity index is 250. The molecule has 1 aliphatic carbocycles. The summed E-state index contributed by atoms with van der Waals surface area (Å²) in [7, 11) is 0.0214. The molecule has 1 aliphatic heterocycles. The minimum atomic E-state index is -0.171. The van der Waals surface area contributed by atoms with Gasteiger partial charge in [-0.3, -0.25) is 0 Å². The second-order valence-corrected chi connectivity index (χ2v) is 7.08. The van der Waals surface area contributed by atoms with Crippen LogP contribution in [0.15, 0.2) is 0 Å². The highest BCUT2D eigenvalue weighted by Gasteiger charge is 2.53. The Hall–Kier alpha value is -0.0151. The van der Waals surface area contributed by atoms with E-state index in [4.69, 9.17) is 9.31 Å². The van der Waals surface area contributed by atoms with Gasteiger partial charge in [-0.2, -0.15) is 0 Å². The van der Waals surface area contributed by atoms with Gasteiger partial charge in [0.2, 0.25) is 0 Å². The molecule has 0 aromatic carbocycles. The fraction of sp³-hybridized carbons (Fsp3) is 1.00. The molecule has 1 saturated carbocycles. The fourth-order valence-electron chi connectivity index (χ4n) is 3.02. The zero-order valence-electron chi connectivity index (χ0n) is 12.6. The van der Waals surface area contributed by atoms with Crippen molar-refractivity contribution < 1.29 is 9.31 Å². The standard InChI is InChI=1S/C15H29BO2/c1-14(2)15(3,4)18-16(17-14)13-11-9-7-5-6-8-10-12-13/h13H,5-12H2,1-4H3. The molecule has 0 spiro atoms. The van der Waals surface area contributed by atoms with Crippen LogP contribution in [0, 0.1) is 0 Å². The predicted molar refractivity (Wildman–Crippen MR) is 76.8 cm³/mol. The zero-order chi connectivity index (χ0) is 13.2. The molecule has 2 rings (SSSR count). The second-order valence-electron chi connectivity index (χ2n) is 7.08. The minimum absolute atomic E-state index is 0.0214. The summed E-state index contributed by atoms with van der Waals surface area (Å²) in [6.45, 7) is 8.62. The van der Waals surface area contributed by atoms with Crippen LogP contribution in [0.25, 0.3) is 0 Å². The van der Waals surface area contributed by atoms with E-state index in [0.29, 0.717) is 5.82 Å². The van der Waals surface area contributed by atoms with Gasteiger partial charge in [-0.15, -0.1) is 0 Å². The van der Waals surface area contributed by atoms with Crippen LogP contribution in [0.4, 0.5) is 0 Å². The van der Waals surface area contributed by atoms with Crippen molar-refractivity contribution in [2.75, 3.05) is 0 Å². The molecule has 2 fully saturated rings. The maximum absolute atomic E-state index is 6.22. The van der Waals surface area contributed by atoms with E-state index in [-0.39, 0.29) is 18.3 Å². The maximum Gasteiger partial charge on any atom is 0.461 e. The van der Waals surface area contributed by atoms with E-state index >= 15 is 0 Å². The molecule has 104 valence electrons. The first kappa shape index (κ1) is 14.4. The summed E-state index contributed by atoms with van der Waals surface area (Å²) in [6.07, 6.45) is 10.8. The van der Waals surface area contributed by atoms with Gasteiger partial charge >= 0.3 is 7.12 Å². The van der Waals surface area contributed by atoms with Crippen LogP contribution in [0.2, 0.25) is 5.82 Å². The predicted octanol–water partition coefficient (Wildman–Crippen LogP) is 4.58. The van der Waals surface area contributed by atoms with Crippen molar-refractivity contribution >= 4 is 7.12 Å². The molecule has 3 heteroatoms. The molecule has 2 nitrogen and oxygen atoms in total. The van der Waals surface area contributed by atoms with E-state index in [1.807, 2.05) is 0 Å². The van der Waals surface area contributed by atoms with E-state index < -0.39 is 0 Å². The Morgan fingerprint density at radius 3 is 1.56 bits per heavy atom. The molecule has 0 aromatic heterocycles. The van der Waals surface area contributed by atoms with Crippen molar-refractivity contribution in [3.63, 3.8) is 0 Å². The van der Waals surface area contributed by atoms with Gasteiger partial charge in [0.1, 0.15) is 0 Å². The summed E-state index contributed by atoms with van der Waals surface area (Å²) in [5.41, 5.74) is -0.341. The van der Waals surface area contributed by atoms with Crippen molar-refractivity contribution in [1.82, 2.24) is 0 Å². The van der Waals surface area contributed by atoms with Gasteiger partial charge < -0.3 is 9.31 Å². The Kier molecular flexibility index (Phi) is 4.43. The van der Waals surface area contributed by atoms with Crippen LogP contribution in [0.1, 0.15) is 79.1 Å². The molecule has 0 amide bonds. The van der Waals surface area contributed by atoms with Crippen molar-refractivity contribution in [1.29, 1.82) is 0 Å². The first-order chi connectivity index (χ1) is 8.42. The summed E-state index contributed by atoms with van der Waals surface area (Å²) >= 11 is 0. The molecule has 18 heavy (non-hydrogen) atoms. The number of rotatable bonds is 1. The smallest absolute Gasteiger partial charge is 0.403 e. The van der Waals surface area contributed by atoms with Crippen LogP contribution in [0.5, 0.6) is 0 Å². The number of hydrogen-bond donors (Lipinski definition) is 0. The van der Waals surface area contributed by atoms with Crippen LogP contribution in [-0.4, -0.2) is 18.3 Å². The van der Waals surface area contributed by atoms with Gasteiger partial charge in [0.25, 0.3) is 0 Å². The third-order valence-electron chi connectivity index (χ3n) is 5.06. The molecular formula is C15H29BO2. The molecule has 0 N–H and O–H groups in total. The third-order valence-corrected chi connectivity index (χ3v) is 5.06. The Balaban J connectivity index is 1.98. The van der Waals surface area contributed by atoms with Gasteiger partial charge in [-0.1, -0.05) is 51.4 Å². The first-order valence-electron chi connectivity index (χ1n) is 7.78. The molecule has 1 saturated heterocycles. The molecular weight excluding hydrogens is 223 g/mol. The highest BCUT2D eigenvalue weighted by molar-refractivity contribution is 6.47. The van der Waals surface area contributed by atoms with Gasteiger partial charge in [0, 0.05) is 0 Å². The van der Waals surface area contributed by atoms with Crippen molar-refractivity contribution in [3.05, 3.63) is 0 Å². The lowest BCUT2D eigenvalue weighted by Crippen LogP contribution is -2.41. The van der Waals surface area contributed by atoms with E-state index in [2.05, 4.69) is 27.7 Å². The maximum atomic E-state index is 6.22. The van der Waals surface area contributed by atoms with Crippen LogP contribution < -0.4 is 0 Å². The van der Waals surface area contributed by atoms with Crippen LogP contribution >= 0.6 is 0 Å². The molecule has 0 unspecified atom stereocenters. The van der Waals surface area contributed by atoms with Crippen molar-refractivity contribution in [3.8, 4) is 0 Å². The summed E-state index contributed by atoms with van der Waals surface area (Å²) in [5, 5.41) is 0. The molecule has 0 radical (unpaired) electrons. The quantitative estimate of drug-likeness (QED) is 0.636. The normalized spacial score (nSPS) is 29.7. The summed E-state index contributed by atoms with van der Waals surface area (Å²) < 4.78 is 12.4. The molecule has 2 aliphatic rings. The first-order valence-corrected chi connectivity index (χ1v) is 7.78. The highest BCUT2D eigenvalue weighted by atomic mass is 16.7. The molecule has 0 atom stereocenters. The summed E-state index contributed by atoms with van der Waals surface area (Å²) in [6, 6.07) is 0. The van der Waals surface area contributed by atoms with Crippen molar-refractivity contribution in [2.24, 2.45) is 0 Å². The SMILES string of the molecule is CC1(C)OB(C2CCCCCCCC2)OC1(C)C. The van der Waals surface area contributed by atoms with Crippen LogP contribution in [0.3, 0.4) is 0 Å². The van der Waals surface area contributed by atoms with E-state index in [9.17, 15) is 0 Å². The molecule has 0 bridgehead atoms. The third kappa shape index (κ3) is 3.11. The highest BCUT2D eigenvalue weighted by Crippen LogP contribution is 2.42. The van der Waals surface area contributed by atoms with Crippen molar-refractivity contribution in [2.45, 2.75) is 96.1 Å². The van der Waals surface area contributed by atoms with E-state index in [1.54, 1.807) is 0 Å². The Morgan fingerprint density at radius 2 is 1.11 bits per heavy atom. The molecule has 0 aromatic rings. The largest absolute Gasteiger partial charge is 0.461 e. The van der Waals surface area contributed by atoms with E-state index in [0.717, 1.165) is 0 Å². The average molecular weight is 252 g/mol. The van der Waals surface area contributed by atoms with E-state index in [1.165, 1.54) is 51.4 Å². The van der Waals surface area contributed by atoms with Gasteiger partial charge in [-0.05, 0) is 33.5 Å². The Labute approximate surface area is 113 Å². The van der Waals surface area contributed by atoms with Gasteiger partial charge in [0.05, 0.1) is 11.2 Å². The average Bonchev–Trinajstić information content (AvgIpc) is 2.56. The summed E-state index contributed by atoms with van der Waals surface area (Å²) in [4.78, 5) is 0. The lowest BCUT2D eigenvalue weighted by atomic mass is 9.67. The second kappa shape index (κ2) is 5.54. The van der Waals surface area contributed by atoms with Gasteiger partial charge in [-0.25, -0.2) is 0 Å². The minimum Gasteiger partial charge on any atom is -0.403 e. The van der Waals surface area contributed by atoms with Gasteiger partial charge in [0.15, 0.2) is 0 Å². The lowest BCUT2D eigenvalue weighted by Gasteiger charge is -2.32. The van der Waals surface area contributed by atoms with Crippen LogP contribution in [-0.2, 0) is 9.31 Å². The number of hydrogen-bond acceptors (Lipinski definition) is 2. The monoisotopic (exact) mass is 252 g/mol.